The van der Waals surface area contributed by atoms with Gasteiger partial charge in [0.1, 0.15) is 5.60 Å². The van der Waals surface area contributed by atoms with Crippen molar-refractivity contribution in [3.05, 3.63) is 0 Å². The average molecular weight is 224 g/mol. The second-order valence-electron chi connectivity index (χ2n) is 1.86. The molecule has 0 spiro atoms. The normalized spacial score (nSPS) is 16.8. The summed E-state index contributed by atoms with van der Waals surface area (Å²) in [7, 11) is 0. The van der Waals surface area contributed by atoms with Crippen LogP contribution in [-0.4, -0.2) is 15.1 Å². The lowest BCUT2D eigenvalue weighted by Crippen LogP contribution is -2.21. The Kier molecular flexibility index (Phi) is 3.41. The van der Waals surface area contributed by atoms with Crippen LogP contribution in [0.5, 0.6) is 0 Å². The molecule has 1 atom stereocenters. The molecule has 1 unspecified atom stereocenters. The molecule has 8 heavy (non-hydrogen) atoms. The monoisotopic (exact) mass is 224 g/mol. The van der Waals surface area contributed by atoms with Gasteiger partial charge in [0.2, 0.25) is 0 Å². The van der Waals surface area contributed by atoms with Gasteiger partial charge in [0.05, 0.1) is 0 Å². The molecule has 0 rings (SSSR count). The first-order valence-electron chi connectivity index (χ1n) is 2.38. The van der Waals surface area contributed by atoms with Crippen molar-refractivity contribution >= 4 is 22.6 Å². The van der Waals surface area contributed by atoms with Crippen molar-refractivity contribution < 1.29 is 5.11 Å². The predicted octanol–water partition coefficient (Wildman–Crippen LogP) is 1.20. The van der Waals surface area contributed by atoms with Crippen molar-refractivity contribution in [1.82, 2.24) is 0 Å². The fraction of sp³-hybridized carbons (Fsp3) is 0.667. The molecule has 0 aliphatic rings. The lowest BCUT2D eigenvalue weighted by molar-refractivity contribution is 0.120. The minimum Gasteiger partial charge on any atom is -0.378 e. The quantitative estimate of drug-likeness (QED) is 0.424. The zero-order chi connectivity index (χ0) is 6.62. The fourth-order valence-electron chi connectivity index (χ4n) is 0.256. The molecule has 0 aromatic carbocycles. The van der Waals surface area contributed by atoms with Gasteiger partial charge < -0.3 is 5.11 Å². The topological polar surface area (TPSA) is 20.2 Å². The maximum atomic E-state index is 9.08. The Hall–Kier alpha value is 0.250. The Bertz CT molecular complexity index is 102. The highest BCUT2D eigenvalue weighted by atomic mass is 127. The molecule has 0 aromatic heterocycles. The summed E-state index contributed by atoms with van der Waals surface area (Å²) in [5, 5.41) is 9.08. The SMILES string of the molecule is C#CC(C)(O)CCI. The number of rotatable bonds is 2. The van der Waals surface area contributed by atoms with Gasteiger partial charge in [-0.25, -0.2) is 0 Å². The Morgan fingerprint density at radius 3 is 2.50 bits per heavy atom. The molecule has 0 saturated carbocycles. The Balaban J connectivity index is 3.59. The van der Waals surface area contributed by atoms with Crippen molar-refractivity contribution in [2.75, 3.05) is 4.43 Å². The second kappa shape index (κ2) is 3.31. The number of aliphatic hydroxyl groups is 1. The van der Waals surface area contributed by atoms with Crippen LogP contribution in [0.3, 0.4) is 0 Å². The van der Waals surface area contributed by atoms with Gasteiger partial charge in [-0.05, 0) is 13.3 Å². The molecule has 0 heterocycles. The molecule has 1 N–H and O–H groups in total. The molecule has 0 radical (unpaired) electrons. The minimum atomic E-state index is -0.888. The number of alkyl halides is 1. The summed E-state index contributed by atoms with van der Waals surface area (Å²) in [4.78, 5) is 0. The van der Waals surface area contributed by atoms with Crippen LogP contribution in [0.15, 0.2) is 0 Å². The van der Waals surface area contributed by atoms with Crippen LogP contribution in [0.1, 0.15) is 13.3 Å². The van der Waals surface area contributed by atoms with E-state index < -0.39 is 5.60 Å². The van der Waals surface area contributed by atoms with E-state index >= 15 is 0 Å². The third-order valence-electron chi connectivity index (χ3n) is 0.892. The lowest BCUT2D eigenvalue weighted by atomic mass is 10.1. The molecule has 0 bridgehead atoms. The highest BCUT2D eigenvalue weighted by Gasteiger charge is 2.13. The van der Waals surface area contributed by atoms with E-state index in [2.05, 4.69) is 28.5 Å². The molecule has 0 aliphatic carbocycles. The van der Waals surface area contributed by atoms with E-state index in [-0.39, 0.29) is 0 Å². The molecule has 2 heteroatoms. The van der Waals surface area contributed by atoms with Gasteiger partial charge in [-0.2, -0.15) is 0 Å². The number of hydrogen-bond acceptors (Lipinski definition) is 1. The van der Waals surface area contributed by atoms with Gasteiger partial charge in [-0.15, -0.1) is 6.42 Å². The highest BCUT2D eigenvalue weighted by Crippen LogP contribution is 2.08. The summed E-state index contributed by atoms with van der Waals surface area (Å²) in [6, 6.07) is 0. The lowest BCUT2D eigenvalue weighted by Gasteiger charge is -2.12. The Labute approximate surface area is 63.6 Å². The summed E-state index contributed by atoms with van der Waals surface area (Å²) in [6.07, 6.45) is 5.66. The van der Waals surface area contributed by atoms with Gasteiger partial charge in [-0.3, -0.25) is 0 Å². The zero-order valence-corrected chi connectivity index (χ0v) is 6.97. The van der Waals surface area contributed by atoms with Crippen LogP contribution in [0.2, 0.25) is 0 Å². The highest BCUT2D eigenvalue weighted by molar-refractivity contribution is 14.1. The first-order valence-corrected chi connectivity index (χ1v) is 3.91. The molecule has 0 aliphatic heterocycles. The number of terminal acetylenes is 1. The van der Waals surface area contributed by atoms with Crippen LogP contribution in [0, 0.1) is 12.3 Å². The van der Waals surface area contributed by atoms with Crippen molar-refractivity contribution in [2.24, 2.45) is 0 Å². The van der Waals surface area contributed by atoms with E-state index in [1.54, 1.807) is 6.92 Å². The van der Waals surface area contributed by atoms with Crippen LogP contribution in [0.4, 0.5) is 0 Å². The largest absolute Gasteiger partial charge is 0.378 e. The van der Waals surface area contributed by atoms with E-state index in [1.165, 1.54) is 0 Å². The first-order chi connectivity index (χ1) is 3.62. The standard InChI is InChI=1S/C6H9IO/c1-3-6(2,8)4-5-7/h1,8H,4-5H2,2H3. The molecular weight excluding hydrogens is 215 g/mol. The summed E-state index contributed by atoms with van der Waals surface area (Å²) in [6.45, 7) is 1.64. The first kappa shape index (κ1) is 8.25. The van der Waals surface area contributed by atoms with Gasteiger partial charge in [0.15, 0.2) is 0 Å². The van der Waals surface area contributed by atoms with Crippen molar-refractivity contribution in [2.45, 2.75) is 18.9 Å². The molecule has 0 saturated heterocycles. The summed E-state index contributed by atoms with van der Waals surface area (Å²) in [5.74, 6) is 2.29. The molecule has 46 valence electrons. The van der Waals surface area contributed by atoms with E-state index in [0.29, 0.717) is 6.42 Å². The Morgan fingerprint density at radius 1 is 1.88 bits per heavy atom. The minimum absolute atomic E-state index is 0.671. The summed E-state index contributed by atoms with van der Waals surface area (Å²) >= 11 is 2.18. The molecule has 1 nitrogen and oxygen atoms in total. The third-order valence-corrected chi connectivity index (χ3v) is 1.43. The second-order valence-corrected chi connectivity index (χ2v) is 2.94. The van der Waals surface area contributed by atoms with E-state index in [0.717, 1.165) is 4.43 Å². The van der Waals surface area contributed by atoms with Crippen molar-refractivity contribution in [3.63, 3.8) is 0 Å². The smallest absolute Gasteiger partial charge is 0.123 e. The third kappa shape index (κ3) is 3.28. The average Bonchev–Trinajstić information content (AvgIpc) is 1.67. The van der Waals surface area contributed by atoms with Gasteiger partial charge in [0, 0.05) is 4.43 Å². The maximum absolute atomic E-state index is 9.08. The fourth-order valence-corrected chi connectivity index (χ4v) is 1.31. The van der Waals surface area contributed by atoms with E-state index in [9.17, 15) is 0 Å². The zero-order valence-electron chi connectivity index (χ0n) is 4.82. The molecular formula is C6H9IO. The van der Waals surface area contributed by atoms with E-state index in [4.69, 9.17) is 11.5 Å². The van der Waals surface area contributed by atoms with Crippen LogP contribution < -0.4 is 0 Å². The predicted molar refractivity (Wildman–Crippen MR) is 43.0 cm³/mol. The van der Waals surface area contributed by atoms with Crippen LogP contribution in [0.25, 0.3) is 0 Å². The van der Waals surface area contributed by atoms with E-state index in [1.807, 2.05) is 0 Å². The van der Waals surface area contributed by atoms with Crippen LogP contribution >= 0.6 is 22.6 Å². The van der Waals surface area contributed by atoms with Crippen molar-refractivity contribution in [3.8, 4) is 12.3 Å². The number of halogens is 1. The maximum Gasteiger partial charge on any atom is 0.123 e. The van der Waals surface area contributed by atoms with Gasteiger partial charge >= 0.3 is 0 Å². The Morgan fingerprint density at radius 2 is 2.38 bits per heavy atom. The summed E-state index contributed by atoms with van der Waals surface area (Å²) < 4.78 is 0.898. The van der Waals surface area contributed by atoms with Gasteiger partial charge in [0.25, 0.3) is 0 Å². The number of hydrogen-bond donors (Lipinski definition) is 1. The summed E-state index contributed by atoms with van der Waals surface area (Å²) in [5.41, 5.74) is -0.888. The molecule has 0 aromatic rings. The van der Waals surface area contributed by atoms with Crippen LogP contribution in [-0.2, 0) is 0 Å². The van der Waals surface area contributed by atoms with Gasteiger partial charge in [-0.1, -0.05) is 28.5 Å². The molecule has 0 amide bonds. The molecule has 0 fully saturated rings. The van der Waals surface area contributed by atoms with Crippen molar-refractivity contribution in [1.29, 1.82) is 0 Å².